The molecule has 2 aromatic rings. The fourth-order valence-corrected chi connectivity index (χ4v) is 3.20. The average molecular weight is 380 g/mol. The van der Waals surface area contributed by atoms with Crippen molar-refractivity contribution in [2.24, 2.45) is 0 Å². The third-order valence-corrected chi connectivity index (χ3v) is 4.37. The van der Waals surface area contributed by atoms with Gasteiger partial charge in [0.25, 0.3) is 5.91 Å². The van der Waals surface area contributed by atoms with Gasteiger partial charge >= 0.3 is 0 Å². The predicted octanol–water partition coefficient (Wildman–Crippen LogP) is 3.33. The molecule has 1 amide bonds. The van der Waals surface area contributed by atoms with Crippen LogP contribution in [0.2, 0.25) is 0 Å². The Morgan fingerprint density at radius 3 is 2.44 bits per heavy atom. The maximum Gasteiger partial charge on any atom is 0.272 e. The first-order valence-electron chi connectivity index (χ1n) is 8.82. The molecule has 2 heterocycles. The molecule has 1 N–H and O–H groups in total. The zero-order valence-corrected chi connectivity index (χ0v) is 15.9. The van der Waals surface area contributed by atoms with Crippen LogP contribution in [0, 0.1) is 17.5 Å². The lowest BCUT2D eigenvalue weighted by molar-refractivity contribution is 0.0913. The van der Waals surface area contributed by atoms with Crippen LogP contribution < -0.4 is 5.32 Å². The van der Waals surface area contributed by atoms with Crippen LogP contribution in [-0.4, -0.2) is 39.5 Å². The number of hydrogen-bond acceptors (Lipinski definition) is 3. The second-order valence-electron chi connectivity index (χ2n) is 7.92. The minimum absolute atomic E-state index is 0.135. The van der Waals surface area contributed by atoms with E-state index in [4.69, 9.17) is 0 Å². The summed E-state index contributed by atoms with van der Waals surface area (Å²) in [5.41, 5.74) is 0.181. The van der Waals surface area contributed by atoms with Crippen LogP contribution in [0.15, 0.2) is 12.1 Å². The Bertz CT molecular complexity index is 886. The Morgan fingerprint density at radius 1 is 1.11 bits per heavy atom. The summed E-state index contributed by atoms with van der Waals surface area (Å²) in [7, 11) is 1.92. The number of rotatable bonds is 2. The molecule has 0 saturated heterocycles. The number of hydrogen-bond donors (Lipinski definition) is 1. The highest BCUT2D eigenvalue weighted by atomic mass is 19.2. The summed E-state index contributed by atoms with van der Waals surface area (Å²) in [5.74, 6) is -3.58. The van der Waals surface area contributed by atoms with Crippen molar-refractivity contribution in [2.75, 3.05) is 13.6 Å². The highest BCUT2D eigenvalue weighted by Crippen LogP contribution is 2.29. The molecule has 5 nitrogen and oxygen atoms in total. The maximum absolute atomic E-state index is 14.4. The first-order valence-corrected chi connectivity index (χ1v) is 8.82. The number of nitrogens with zero attached hydrogens (tertiary/aromatic N) is 3. The van der Waals surface area contributed by atoms with Gasteiger partial charge in [0, 0.05) is 24.7 Å². The lowest BCUT2D eigenvalue weighted by Gasteiger charge is -2.20. The molecule has 3 rings (SSSR count). The molecule has 0 unspecified atom stereocenters. The van der Waals surface area contributed by atoms with Gasteiger partial charge in [-0.25, -0.2) is 18.2 Å². The maximum atomic E-state index is 14.4. The van der Waals surface area contributed by atoms with E-state index in [1.165, 1.54) is 0 Å². The first kappa shape index (κ1) is 19.4. The Kier molecular flexibility index (Phi) is 5.03. The van der Waals surface area contributed by atoms with Crippen LogP contribution in [-0.2, 0) is 13.1 Å². The van der Waals surface area contributed by atoms with Gasteiger partial charge in [0.05, 0.1) is 11.3 Å². The van der Waals surface area contributed by atoms with Gasteiger partial charge in [-0.3, -0.25) is 4.79 Å². The number of aromatic nitrogens is 2. The predicted molar refractivity (Wildman–Crippen MR) is 95.7 cm³/mol. The Balaban J connectivity index is 2.17. The number of benzene rings is 1. The van der Waals surface area contributed by atoms with E-state index in [-0.39, 0.29) is 23.0 Å². The molecule has 0 aliphatic carbocycles. The van der Waals surface area contributed by atoms with E-state index < -0.39 is 23.0 Å². The summed E-state index contributed by atoms with van der Waals surface area (Å²) in [6.07, 6.45) is 0.762. The molecule has 27 heavy (non-hydrogen) atoms. The van der Waals surface area contributed by atoms with Crippen molar-refractivity contribution in [1.82, 2.24) is 19.8 Å². The van der Waals surface area contributed by atoms with Crippen molar-refractivity contribution in [3.8, 4) is 11.4 Å². The topological polar surface area (TPSA) is 50.2 Å². The normalized spacial score (nSPS) is 15.4. The molecule has 1 aromatic carbocycles. The Morgan fingerprint density at radius 2 is 1.78 bits per heavy atom. The molecule has 1 aliphatic rings. The number of halogens is 3. The van der Waals surface area contributed by atoms with Gasteiger partial charge in [-0.1, -0.05) is 0 Å². The number of amides is 1. The van der Waals surface area contributed by atoms with Gasteiger partial charge in [-0.2, -0.15) is 0 Å². The van der Waals surface area contributed by atoms with Crippen molar-refractivity contribution in [1.29, 1.82) is 0 Å². The average Bonchev–Trinajstić information content (AvgIpc) is 2.76. The van der Waals surface area contributed by atoms with Crippen LogP contribution >= 0.6 is 0 Å². The van der Waals surface area contributed by atoms with Crippen molar-refractivity contribution in [3.05, 3.63) is 41.0 Å². The molecule has 8 heteroatoms. The van der Waals surface area contributed by atoms with Gasteiger partial charge in [0.15, 0.2) is 17.3 Å². The number of fused-ring (bicyclic) bond motifs is 1. The smallest absolute Gasteiger partial charge is 0.272 e. The van der Waals surface area contributed by atoms with E-state index in [9.17, 15) is 18.0 Å². The van der Waals surface area contributed by atoms with Crippen LogP contribution in [0.4, 0.5) is 13.2 Å². The summed E-state index contributed by atoms with van der Waals surface area (Å²) in [5, 5.41) is 2.86. The molecule has 0 atom stereocenters. The van der Waals surface area contributed by atoms with Crippen molar-refractivity contribution < 1.29 is 18.0 Å². The summed E-state index contributed by atoms with van der Waals surface area (Å²) < 4.78 is 43.2. The van der Waals surface area contributed by atoms with Gasteiger partial charge in [-0.05, 0) is 46.9 Å². The lowest BCUT2D eigenvalue weighted by atomic mass is 10.1. The zero-order chi connectivity index (χ0) is 19.9. The lowest BCUT2D eigenvalue weighted by Crippen LogP contribution is -2.41. The summed E-state index contributed by atoms with van der Waals surface area (Å²) >= 11 is 0. The number of nitrogens with one attached hydrogen (secondary N) is 1. The van der Waals surface area contributed by atoms with Crippen molar-refractivity contribution >= 4 is 5.91 Å². The van der Waals surface area contributed by atoms with Crippen LogP contribution in [0.25, 0.3) is 11.4 Å². The van der Waals surface area contributed by atoms with E-state index in [0.29, 0.717) is 24.8 Å². The van der Waals surface area contributed by atoms with Gasteiger partial charge in [0.2, 0.25) is 0 Å². The van der Waals surface area contributed by atoms with E-state index in [0.717, 1.165) is 19.0 Å². The first-order chi connectivity index (χ1) is 12.6. The molecule has 1 aliphatic heterocycles. The Hall–Kier alpha value is -2.35. The van der Waals surface area contributed by atoms with Crippen LogP contribution in [0.5, 0.6) is 0 Å². The molecule has 0 saturated carbocycles. The highest BCUT2D eigenvalue weighted by Gasteiger charge is 2.29. The van der Waals surface area contributed by atoms with Crippen LogP contribution in [0.1, 0.15) is 43.4 Å². The number of imidazole rings is 1. The summed E-state index contributed by atoms with van der Waals surface area (Å²) in [4.78, 5) is 19.2. The molecule has 0 fully saturated rings. The fraction of sp³-hybridized carbons (Fsp3) is 0.474. The molecule has 146 valence electrons. The SMILES string of the molecule is CN1CCCn2c(-c3cc(F)c(F)cc3F)nc(C(=O)NC(C)(C)C)c2C1. The van der Waals surface area contributed by atoms with Crippen molar-refractivity contribution in [3.63, 3.8) is 0 Å². The van der Waals surface area contributed by atoms with E-state index in [2.05, 4.69) is 10.3 Å². The third-order valence-electron chi connectivity index (χ3n) is 4.37. The standard InChI is InChI=1S/C19H23F3N4O/c1-19(2,3)24-18(27)16-15-10-25(4)6-5-7-26(15)17(23-16)11-8-13(21)14(22)9-12(11)20/h8-9H,5-7,10H2,1-4H3,(H,24,27). The largest absolute Gasteiger partial charge is 0.346 e. The molecule has 0 spiro atoms. The van der Waals surface area contributed by atoms with Gasteiger partial charge in [0.1, 0.15) is 11.6 Å². The molecule has 0 radical (unpaired) electrons. The van der Waals surface area contributed by atoms with E-state index >= 15 is 0 Å². The number of carbonyl (C=O) groups is 1. The monoisotopic (exact) mass is 380 g/mol. The molecule has 0 bridgehead atoms. The quantitative estimate of drug-likeness (QED) is 0.813. The second kappa shape index (κ2) is 6.99. The Labute approximate surface area is 156 Å². The highest BCUT2D eigenvalue weighted by molar-refractivity contribution is 5.94. The minimum Gasteiger partial charge on any atom is -0.346 e. The van der Waals surface area contributed by atoms with Crippen LogP contribution in [0.3, 0.4) is 0 Å². The summed E-state index contributed by atoms with van der Waals surface area (Å²) in [6.45, 7) is 7.29. The summed E-state index contributed by atoms with van der Waals surface area (Å²) in [6, 6.07) is 1.30. The molecular formula is C19H23F3N4O. The fourth-order valence-electron chi connectivity index (χ4n) is 3.20. The second-order valence-corrected chi connectivity index (χ2v) is 7.92. The van der Waals surface area contributed by atoms with E-state index in [1.54, 1.807) is 4.57 Å². The number of carbonyl (C=O) groups excluding carboxylic acids is 1. The van der Waals surface area contributed by atoms with E-state index in [1.807, 2.05) is 32.7 Å². The zero-order valence-electron chi connectivity index (χ0n) is 15.9. The molecule has 1 aromatic heterocycles. The van der Waals surface area contributed by atoms with Gasteiger partial charge < -0.3 is 14.8 Å². The van der Waals surface area contributed by atoms with Gasteiger partial charge in [-0.15, -0.1) is 0 Å². The third kappa shape index (κ3) is 4.00. The molecular weight excluding hydrogens is 357 g/mol. The minimum atomic E-state index is -1.26. The van der Waals surface area contributed by atoms with Crippen molar-refractivity contribution in [2.45, 2.75) is 45.8 Å².